The molecule has 3 N–H and O–H groups in total. The van der Waals surface area contributed by atoms with E-state index < -0.39 is 11.9 Å². The van der Waals surface area contributed by atoms with Gasteiger partial charge in [0.2, 0.25) is 0 Å². The molecule has 0 amide bonds. The molecule has 0 fully saturated rings. The molecule has 0 saturated heterocycles. The molecule has 5 nitrogen and oxygen atoms in total. The largest absolute Gasteiger partial charge is 0.507 e. The Hall–Kier alpha value is -3.60. The molecule has 25 heavy (non-hydrogen) atoms. The van der Waals surface area contributed by atoms with Crippen molar-refractivity contribution in [1.29, 1.82) is 0 Å². The molecule has 0 aliphatic carbocycles. The van der Waals surface area contributed by atoms with Gasteiger partial charge in [-0.1, -0.05) is 36.4 Å². The minimum absolute atomic E-state index is 0.0582. The Morgan fingerprint density at radius 3 is 1.60 bits per heavy atom. The fourth-order valence-electron chi connectivity index (χ4n) is 2.66. The molecule has 3 aromatic carbocycles. The van der Waals surface area contributed by atoms with Crippen LogP contribution in [0.2, 0.25) is 0 Å². The van der Waals surface area contributed by atoms with E-state index in [1.54, 1.807) is 36.4 Å². The molecule has 124 valence electrons. The predicted octanol–water partition coefficient (Wildman–Crippen LogP) is 4.12. The Morgan fingerprint density at radius 1 is 0.640 bits per heavy atom. The summed E-state index contributed by atoms with van der Waals surface area (Å²) in [7, 11) is 0. The summed E-state index contributed by atoms with van der Waals surface area (Å²) in [5.41, 5.74) is 3.03. The normalized spacial score (nSPS) is 10.4. The second-order valence-electron chi connectivity index (χ2n) is 5.46. The van der Waals surface area contributed by atoms with E-state index in [2.05, 4.69) is 0 Å². The maximum Gasteiger partial charge on any atom is 0.335 e. The lowest BCUT2D eigenvalue weighted by Gasteiger charge is -2.13. The van der Waals surface area contributed by atoms with Crippen molar-refractivity contribution >= 4 is 11.9 Å². The zero-order valence-electron chi connectivity index (χ0n) is 13.0. The summed E-state index contributed by atoms with van der Waals surface area (Å²) in [6.45, 7) is 0. The third kappa shape index (κ3) is 3.21. The Labute approximate surface area is 143 Å². The van der Waals surface area contributed by atoms with Crippen molar-refractivity contribution in [1.82, 2.24) is 0 Å². The molecule has 0 saturated carbocycles. The molecule has 0 bridgehead atoms. The van der Waals surface area contributed by atoms with E-state index in [0.29, 0.717) is 11.1 Å². The quantitative estimate of drug-likeness (QED) is 0.667. The van der Waals surface area contributed by atoms with Gasteiger partial charge in [-0.3, -0.25) is 0 Å². The SMILES string of the molecule is O=C(O)c1ccc(-c2cccc(O)c2-c2ccc(C(=O)O)cc2)cc1. The van der Waals surface area contributed by atoms with Gasteiger partial charge in [-0.2, -0.15) is 0 Å². The van der Waals surface area contributed by atoms with Crippen LogP contribution in [0.1, 0.15) is 20.7 Å². The van der Waals surface area contributed by atoms with Gasteiger partial charge in [-0.25, -0.2) is 9.59 Å². The molecule has 0 atom stereocenters. The topological polar surface area (TPSA) is 94.8 Å². The summed E-state index contributed by atoms with van der Waals surface area (Å²) in [4.78, 5) is 22.0. The van der Waals surface area contributed by atoms with E-state index in [-0.39, 0.29) is 16.9 Å². The van der Waals surface area contributed by atoms with Crippen molar-refractivity contribution in [3.8, 4) is 28.0 Å². The zero-order valence-corrected chi connectivity index (χ0v) is 13.0. The zero-order chi connectivity index (χ0) is 18.0. The Balaban J connectivity index is 2.11. The first-order valence-electron chi connectivity index (χ1n) is 7.47. The number of carbonyl (C=O) groups is 2. The molecule has 3 rings (SSSR count). The first kappa shape index (κ1) is 16.3. The summed E-state index contributed by atoms with van der Waals surface area (Å²) in [6, 6.07) is 17.6. The first-order valence-corrected chi connectivity index (χ1v) is 7.47. The number of benzene rings is 3. The Morgan fingerprint density at radius 2 is 1.12 bits per heavy atom. The molecule has 0 unspecified atom stereocenters. The third-order valence-corrected chi connectivity index (χ3v) is 3.91. The highest BCUT2D eigenvalue weighted by molar-refractivity contribution is 5.92. The molecule has 0 aliphatic heterocycles. The number of carboxylic acids is 2. The number of aromatic carboxylic acids is 2. The van der Waals surface area contributed by atoms with Gasteiger partial charge < -0.3 is 15.3 Å². The van der Waals surface area contributed by atoms with Crippen LogP contribution in [0.15, 0.2) is 66.7 Å². The smallest absolute Gasteiger partial charge is 0.335 e. The Bertz CT molecular complexity index is 941. The average molecular weight is 334 g/mol. The van der Waals surface area contributed by atoms with E-state index in [1.165, 1.54) is 24.3 Å². The van der Waals surface area contributed by atoms with Crippen molar-refractivity contribution in [2.24, 2.45) is 0 Å². The van der Waals surface area contributed by atoms with Crippen LogP contribution >= 0.6 is 0 Å². The van der Waals surface area contributed by atoms with E-state index in [1.807, 2.05) is 6.07 Å². The lowest BCUT2D eigenvalue weighted by Crippen LogP contribution is -1.96. The van der Waals surface area contributed by atoms with Gasteiger partial charge in [0.15, 0.2) is 0 Å². The van der Waals surface area contributed by atoms with E-state index in [9.17, 15) is 14.7 Å². The van der Waals surface area contributed by atoms with Crippen LogP contribution in [-0.2, 0) is 0 Å². The van der Waals surface area contributed by atoms with Gasteiger partial charge in [0, 0.05) is 5.56 Å². The lowest BCUT2D eigenvalue weighted by atomic mass is 9.93. The number of hydrogen-bond donors (Lipinski definition) is 3. The second-order valence-corrected chi connectivity index (χ2v) is 5.46. The van der Waals surface area contributed by atoms with Gasteiger partial charge in [-0.15, -0.1) is 0 Å². The fraction of sp³-hybridized carbons (Fsp3) is 0. The summed E-state index contributed by atoms with van der Waals surface area (Å²) in [5.74, 6) is -1.97. The van der Waals surface area contributed by atoms with Crippen LogP contribution in [0.3, 0.4) is 0 Å². The average Bonchev–Trinajstić information content (AvgIpc) is 2.61. The van der Waals surface area contributed by atoms with Crippen LogP contribution in [0.4, 0.5) is 0 Å². The highest BCUT2D eigenvalue weighted by Gasteiger charge is 2.13. The molecular weight excluding hydrogens is 320 g/mol. The van der Waals surface area contributed by atoms with E-state index in [0.717, 1.165) is 11.1 Å². The summed E-state index contributed by atoms with van der Waals surface area (Å²) in [5, 5.41) is 28.3. The van der Waals surface area contributed by atoms with Crippen molar-refractivity contribution < 1.29 is 24.9 Å². The van der Waals surface area contributed by atoms with Crippen molar-refractivity contribution in [3.05, 3.63) is 77.9 Å². The minimum Gasteiger partial charge on any atom is -0.507 e. The summed E-state index contributed by atoms with van der Waals surface area (Å²) >= 11 is 0. The van der Waals surface area contributed by atoms with Crippen LogP contribution in [0.25, 0.3) is 22.3 Å². The number of hydrogen-bond acceptors (Lipinski definition) is 3. The van der Waals surface area contributed by atoms with E-state index in [4.69, 9.17) is 10.2 Å². The summed E-state index contributed by atoms with van der Waals surface area (Å²) < 4.78 is 0. The molecule has 0 aliphatic rings. The standard InChI is InChI=1S/C20H14O5/c21-17-3-1-2-16(12-4-8-14(9-5-12)19(22)23)18(17)13-6-10-15(11-7-13)20(24)25/h1-11,21H,(H,22,23)(H,24,25). The second kappa shape index (κ2) is 6.49. The van der Waals surface area contributed by atoms with Gasteiger partial charge >= 0.3 is 11.9 Å². The minimum atomic E-state index is -1.02. The number of rotatable bonds is 4. The third-order valence-electron chi connectivity index (χ3n) is 3.91. The molecule has 0 heterocycles. The van der Waals surface area contributed by atoms with Crippen LogP contribution < -0.4 is 0 Å². The molecule has 3 aromatic rings. The highest BCUT2D eigenvalue weighted by Crippen LogP contribution is 2.38. The molecular formula is C20H14O5. The first-order chi connectivity index (χ1) is 12.0. The van der Waals surface area contributed by atoms with Crippen molar-refractivity contribution in [2.45, 2.75) is 0 Å². The molecule has 0 spiro atoms. The number of phenolic OH excluding ortho intramolecular Hbond substituents is 1. The molecule has 0 aromatic heterocycles. The fourth-order valence-corrected chi connectivity index (χ4v) is 2.66. The van der Waals surface area contributed by atoms with Crippen molar-refractivity contribution in [3.63, 3.8) is 0 Å². The predicted molar refractivity (Wildman–Crippen MR) is 92.9 cm³/mol. The van der Waals surface area contributed by atoms with Gasteiger partial charge in [-0.05, 0) is 47.0 Å². The number of aromatic hydroxyl groups is 1. The maximum atomic E-state index is 11.0. The molecule has 0 radical (unpaired) electrons. The van der Waals surface area contributed by atoms with Gasteiger partial charge in [0.1, 0.15) is 5.75 Å². The van der Waals surface area contributed by atoms with Gasteiger partial charge in [0.05, 0.1) is 11.1 Å². The van der Waals surface area contributed by atoms with Crippen LogP contribution in [-0.4, -0.2) is 27.3 Å². The Kier molecular flexibility index (Phi) is 4.22. The highest BCUT2D eigenvalue weighted by atomic mass is 16.4. The van der Waals surface area contributed by atoms with Crippen LogP contribution in [0.5, 0.6) is 5.75 Å². The van der Waals surface area contributed by atoms with Gasteiger partial charge in [0.25, 0.3) is 0 Å². The van der Waals surface area contributed by atoms with Crippen LogP contribution in [0, 0.1) is 0 Å². The number of phenols is 1. The molecule has 5 heteroatoms. The van der Waals surface area contributed by atoms with E-state index >= 15 is 0 Å². The number of carboxylic acid groups (broad SMARTS) is 2. The summed E-state index contributed by atoms with van der Waals surface area (Å²) in [6.07, 6.45) is 0. The maximum absolute atomic E-state index is 11.0. The van der Waals surface area contributed by atoms with Crippen molar-refractivity contribution in [2.75, 3.05) is 0 Å². The lowest BCUT2D eigenvalue weighted by molar-refractivity contribution is 0.0686. The monoisotopic (exact) mass is 334 g/mol.